The lowest BCUT2D eigenvalue weighted by Gasteiger charge is -2.27. The minimum absolute atomic E-state index is 0.186. The number of aliphatic hydroxyl groups excluding tert-OH is 1. The first-order valence-corrected chi connectivity index (χ1v) is 9.87. The highest BCUT2D eigenvalue weighted by Gasteiger charge is 2.34. The van der Waals surface area contributed by atoms with Gasteiger partial charge in [-0.1, -0.05) is 0 Å². The van der Waals surface area contributed by atoms with Gasteiger partial charge in [0.1, 0.15) is 24.8 Å². The van der Waals surface area contributed by atoms with Crippen molar-refractivity contribution in [1.29, 1.82) is 0 Å². The van der Waals surface area contributed by atoms with Crippen molar-refractivity contribution in [3.8, 4) is 17.1 Å². The number of hydrogen-bond donors (Lipinski definition) is 2. The van der Waals surface area contributed by atoms with E-state index in [1.54, 1.807) is 13.0 Å². The molecule has 2 unspecified atom stereocenters. The van der Waals surface area contributed by atoms with E-state index >= 15 is 0 Å². The minimum Gasteiger partial charge on any atom is -0.491 e. The first kappa shape index (κ1) is 19.7. The second kappa shape index (κ2) is 6.86. The molecule has 2 aliphatic heterocycles. The fourth-order valence-corrected chi connectivity index (χ4v) is 4.60. The molecule has 2 aliphatic rings. The number of rotatable bonds is 4. The number of carbonyl (C=O) groups is 1. The number of pyridine rings is 2. The summed E-state index contributed by atoms with van der Waals surface area (Å²) in [6.45, 7) is 3.59. The van der Waals surface area contributed by atoms with E-state index in [9.17, 15) is 19.1 Å². The van der Waals surface area contributed by atoms with Crippen LogP contribution in [0.3, 0.4) is 0 Å². The summed E-state index contributed by atoms with van der Waals surface area (Å²) >= 11 is 0. The number of aromatic nitrogens is 2. The average Bonchev–Trinajstić information content (AvgIpc) is 3.10. The third kappa shape index (κ3) is 2.70. The molecule has 0 spiro atoms. The molecule has 2 aromatic heterocycles. The molecule has 3 aromatic rings. The van der Waals surface area contributed by atoms with E-state index in [2.05, 4.69) is 4.98 Å². The van der Waals surface area contributed by atoms with Crippen molar-refractivity contribution >= 4 is 17.4 Å². The van der Waals surface area contributed by atoms with Gasteiger partial charge in [-0.15, -0.1) is 0 Å². The normalized spacial score (nSPS) is 17.1. The molecule has 3 N–H and O–H groups in total. The molecule has 0 fully saturated rings. The third-order valence-electron chi connectivity index (χ3n) is 6.08. The van der Waals surface area contributed by atoms with Crippen molar-refractivity contribution in [2.45, 2.75) is 39.1 Å². The highest BCUT2D eigenvalue weighted by molar-refractivity contribution is 5.95. The Morgan fingerprint density at radius 2 is 2.26 bits per heavy atom. The van der Waals surface area contributed by atoms with Gasteiger partial charge in [0.15, 0.2) is 0 Å². The Labute approximate surface area is 176 Å². The van der Waals surface area contributed by atoms with Gasteiger partial charge in [-0.3, -0.25) is 9.59 Å². The predicted molar refractivity (Wildman–Crippen MR) is 109 cm³/mol. The Hall–Kier alpha value is -3.30. The quantitative estimate of drug-likeness (QED) is 0.480. The van der Waals surface area contributed by atoms with E-state index in [-0.39, 0.29) is 37.4 Å². The molecule has 0 bridgehead atoms. The fourth-order valence-electron chi connectivity index (χ4n) is 4.60. The number of benzene rings is 1. The lowest BCUT2D eigenvalue weighted by atomic mass is 9.91. The first-order valence-electron chi connectivity index (χ1n) is 9.87. The number of halogens is 1. The molecular formula is C22H20FN3O5. The maximum absolute atomic E-state index is 14.5. The van der Waals surface area contributed by atoms with Gasteiger partial charge in [0.2, 0.25) is 0 Å². The van der Waals surface area contributed by atoms with Gasteiger partial charge in [0.05, 0.1) is 41.2 Å². The standard InChI is InChI=1S/C22H20FN3O5/c1-9-14(23)4-16-19-18(15(24)7-31-21(9)19)12-5-26-17(20(12)25-16)3-11(10(2)28)13(22(26)29)6-30-8-27/h3-4,8,10,15,28H,5-7,24H2,1-2H3. The number of hydrogen-bond acceptors (Lipinski definition) is 7. The summed E-state index contributed by atoms with van der Waals surface area (Å²) < 4.78 is 26.6. The molecular weight excluding hydrogens is 405 g/mol. The molecule has 8 nitrogen and oxygen atoms in total. The molecule has 9 heteroatoms. The van der Waals surface area contributed by atoms with E-state index in [1.165, 1.54) is 17.6 Å². The molecule has 0 aliphatic carbocycles. The van der Waals surface area contributed by atoms with Gasteiger partial charge >= 0.3 is 0 Å². The summed E-state index contributed by atoms with van der Waals surface area (Å²) in [4.78, 5) is 28.6. The second-order valence-electron chi connectivity index (χ2n) is 7.91. The van der Waals surface area contributed by atoms with Crippen LogP contribution in [0.25, 0.3) is 22.3 Å². The van der Waals surface area contributed by atoms with Crippen molar-refractivity contribution in [1.82, 2.24) is 9.55 Å². The molecule has 1 aromatic carbocycles. The lowest BCUT2D eigenvalue weighted by molar-refractivity contribution is -0.129. The van der Waals surface area contributed by atoms with Crippen molar-refractivity contribution in [2.24, 2.45) is 5.73 Å². The topological polar surface area (TPSA) is 117 Å². The van der Waals surface area contributed by atoms with Crippen molar-refractivity contribution in [3.63, 3.8) is 0 Å². The summed E-state index contributed by atoms with van der Waals surface area (Å²) in [6.07, 6.45) is -0.964. The van der Waals surface area contributed by atoms with Crippen LogP contribution in [0.15, 0.2) is 16.9 Å². The number of fused-ring (bicyclic) bond motifs is 4. The molecule has 2 atom stereocenters. The Morgan fingerprint density at radius 1 is 1.48 bits per heavy atom. The minimum atomic E-state index is -0.964. The van der Waals surface area contributed by atoms with E-state index < -0.39 is 18.0 Å². The molecule has 0 saturated heterocycles. The van der Waals surface area contributed by atoms with Crippen LogP contribution in [0.5, 0.6) is 5.75 Å². The highest BCUT2D eigenvalue weighted by atomic mass is 19.1. The third-order valence-corrected chi connectivity index (χ3v) is 6.08. The average molecular weight is 425 g/mol. The SMILES string of the molecule is Cc1c(F)cc2nc3c(c4c2c1OCC4N)Cn1c-3cc(C(C)O)c(COC=O)c1=O. The molecule has 31 heavy (non-hydrogen) atoms. The summed E-state index contributed by atoms with van der Waals surface area (Å²) in [7, 11) is 0. The van der Waals surface area contributed by atoms with Crippen molar-refractivity contribution < 1.29 is 23.8 Å². The van der Waals surface area contributed by atoms with E-state index in [1.807, 2.05) is 0 Å². The van der Waals surface area contributed by atoms with Gasteiger partial charge in [0.25, 0.3) is 12.0 Å². The number of nitrogens with zero attached hydrogens (tertiary/aromatic N) is 2. The van der Waals surface area contributed by atoms with Crippen LogP contribution in [0.2, 0.25) is 0 Å². The Balaban J connectivity index is 1.83. The Bertz CT molecular complexity index is 1330. The molecule has 5 rings (SSSR count). The van der Waals surface area contributed by atoms with Crippen molar-refractivity contribution in [2.75, 3.05) is 6.61 Å². The van der Waals surface area contributed by atoms with Crippen LogP contribution < -0.4 is 16.0 Å². The van der Waals surface area contributed by atoms with Crippen LogP contribution >= 0.6 is 0 Å². The van der Waals surface area contributed by atoms with Gasteiger partial charge in [-0.2, -0.15) is 0 Å². The van der Waals surface area contributed by atoms with Crippen LogP contribution in [0.4, 0.5) is 4.39 Å². The maximum atomic E-state index is 14.5. The number of carbonyl (C=O) groups excluding carboxylic acids is 1. The summed E-state index contributed by atoms with van der Waals surface area (Å²) in [5.74, 6) is -0.00664. The molecule has 0 saturated carbocycles. The predicted octanol–water partition coefficient (Wildman–Crippen LogP) is 1.99. The Morgan fingerprint density at radius 3 is 2.97 bits per heavy atom. The number of nitrogens with two attached hydrogens (primary N) is 1. The van der Waals surface area contributed by atoms with Crippen LogP contribution in [0, 0.1) is 12.7 Å². The molecule has 0 radical (unpaired) electrons. The summed E-state index contributed by atoms with van der Waals surface area (Å²) in [5.41, 5.74) is 9.93. The van der Waals surface area contributed by atoms with Crippen LogP contribution in [0.1, 0.15) is 46.9 Å². The van der Waals surface area contributed by atoms with Gasteiger partial charge in [-0.05, 0) is 31.0 Å². The van der Waals surface area contributed by atoms with Crippen LogP contribution in [-0.4, -0.2) is 27.7 Å². The maximum Gasteiger partial charge on any atom is 0.293 e. The largest absolute Gasteiger partial charge is 0.491 e. The first-order chi connectivity index (χ1) is 14.8. The Kier molecular flexibility index (Phi) is 4.35. The lowest BCUT2D eigenvalue weighted by Crippen LogP contribution is -2.27. The monoisotopic (exact) mass is 425 g/mol. The number of ether oxygens (including phenoxy) is 2. The van der Waals surface area contributed by atoms with Gasteiger partial charge in [0, 0.05) is 22.6 Å². The zero-order chi connectivity index (χ0) is 22.0. The van der Waals surface area contributed by atoms with E-state index in [0.29, 0.717) is 39.2 Å². The smallest absolute Gasteiger partial charge is 0.293 e. The summed E-state index contributed by atoms with van der Waals surface area (Å²) in [5, 5.41) is 10.9. The van der Waals surface area contributed by atoms with Gasteiger partial charge in [-0.25, -0.2) is 9.37 Å². The van der Waals surface area contributed by atoms with E-state index in [4.69, 9.17) is 15.2 Å². The zero-order valence-electron chi connectivity index (χ0n) is 16.9. The highest BCUT2D eigenvalue weighted by Crippen LogP contribution is 2.45. The zero-order valence-corrected chi connectivity index (χ0v) is 16.9. The van der Waals surface area contributed by atoms with Gasteiger partial charge < -0.3 is 24.9 Å². The molecule has 4 heterocycles. The molecule has 160 valence electrons. The fraction of sp³-hybridized carbons (Fsp3) is 0.318. The van der Waals surface area contributed by atoms with E-state index in [0.717, 1.165) is 11.1 Å². The van der Waals surface area contributed by atoms with Crippen LogP contribution in [-0.2, 0) is 22.7 Å². The second-order valence-corrected chi connectivity index (χ2v) is 7.91. The summed E-state index contributed by atoms with van der Waals surface area (Å²) in [6, 6.07) is 2.56. The number of aliphatic hydroxyl groups is 1. The molecule has 0 amide bonds. The van der Waals surface area contributed by atoms with Crippen molar-refractivity contribution in [3.05, 3.63) is 56.1 Å².